The Labute approximate surface area is 59.3 Å². The SMILES string of the molecule is CCOC(=O)NSCC. The maximum atomic E-state index is 10.4. The van der Waals surface area contributed by atoms with Crippen molar-refractivity contribution >= 4 is 18.0 Å². The largest absolute Gasteiger partial charge is 0.449 e. The van der Waals surface area contributed by atoms with Crippen molar-refractivity contribution in [3.63, 3.8) is 0 Å². The second kappa shape index (κ2) is 5.75. The van der Waals surface area contributed by atoms with Crippen molar-refractivity contribution in [2.24, 2.45) is 0 Å². The fourth-order valence-corrected chi connectivity index (χ4v) is 0.613. The van der Waals surface area contributed by atoms with Crippen LogP contribution in [0.5, 0.6) is 0 Å². The van der Waals surface area contributed by atoms with Crippen LogP contribution in [0.15, 0.2) is 0 Å². The van der Waals surface area contributed by atoms with Gasteiger partial charge in [0.25, 0.3) is 0 Å². The number of carbonyl (C=O) groups is 1. The number of hydrogen-bond donors (Lipinski definition) is 1. The van der Waals surface area contributed by atoms with E-state index in [2.05, 4.69) is 9.46 Å². The van der Waals surface area contributed by atoms with Crippen LogP contribution in [0.25, 0.3) is 0 Å². The van der Waals surface area contributed by atoms with E-state index in [9.17, 15) is 4.79 Å². The third kappa shape index (κ3) is 5.49. The van der Waals surface area contributed by atoms with E-state index in [0.29, 0.717) is 6.61 Å². The van der Waals surface area contributed by atoms with Crippen molar-refractivity contribution in [1.82, 2.24) is 4.72 Å². The molecule has 4 heteroatoms. The van der Waals surface area contributed by atoms with E-state index >= 15 is 0 Å². The van der Waals surface area contributed by atoms with Gasteiger partial charge in [0.05, 0.1) is 6.61 Å². The molecule has 0 aliphatic rings. The Hall–Kier alpha value is -0.380. The molecule has 0 saturated heterocycles. The van der Waals surface area contributed by atoms with E-state index in [1.807, 2.05) is 6.92 Å². The number of rotatable bonds is 3. The molecule has 0 rings (SSSR count). The van der Waals surface area contributed by atoms with Gasteiger partial charge in [0.2, 0.25) is 0 Å². The molecule has 0 heterocycles. The normalized spacial score (nSPS) is 8.67. The number of ether oxygens (including phenoxy) is 1. The first kappa shape index (κ1) is 8.62. The Morgan fingerprint density at radius 1 is 1.67 bits per heavy atom. The lowest BCUT2D eigenvalue weighted by Crippen LogP contribution is -2.17. The predicted octanol–water partition coefficient (Wildman–Crippen LogP) is 1.40. The molecule has 0 atom stereocenters. The van der Waals surface area contributed by atoms with E-state index in [0.717, 1.165) is 5.75 Å². The van der Waals surface area contributed by atoms with Crippen molar-refractivity contribution < 1.29 is 9.53 Å². The molecular formula is C5H11NO2S. The quantitative estimate of drug-likeness (QED) is 0.616. The zero-order valence-corrected chi connectivity index (χ0v) is 6.46. The van der Waals surface area contributed by atoms with E-state index in [4.69, 9.17) is 0 Å². The van der Waals surface area contributed by atoms with Gasteiger partial charge in [-0.05, 0) is 18.9 Å². The molecule has 0 fully saturated rings. The molecule has 0 aromatic rings. The Kier molecular flexibility index (Phi) is 5.51. The molecule has 0 aromatic heterocycles. The van der Waals surface area contributed by atoms with Crippen molar-refractivity contribution in [2.75, 3.05) is 12.4 Å². The fraction of sp³-hybridized carbons (Fsp3) is 0.800. The maximum absolute atomic E-state index is 10.4. The van der Waals surface area contributed by atoms with Crippen LogP contribution in [-0.4, -0.2) is 18.5 Å². The first-order valence-electron chi connectivity index (χ1n) is 2.85. The molecule has 3 nitrogen and oxygen atoms in total. The monoisotopic (exact) mass is 149 g/mol. The summed E-state index contributed by atoms with van der Waals surface area (Å²) < 4.78 is 7.06. The fourth-order valence-electron chi connectivity index (χ4n) is 0.292. The van der Waals surface area contributed by atoms with E-state index < -0.39 is 0 Å². The van der Waals surface area contributed by atoms with Gasteiger partial charge in [-0.1, -0.05) is 6.92 Å². The zero-order chi connectivity index (χ0) is 7.11. The smallest absolute Gasteiger partial charge is 0.417 e. The molecular weight excluding hydrogens is 138 g/mol. The molecule has 0 saturated carbocycles. The standard InChI is InChI=1S/C5H11NO2S/c1-3-8-5(7)6-9-4-2/h3-4H2,1-2H3,(H,6,7). The second-order valence-corrected chi connectivity index (χ2v) is 2.33. The van der Waals surface area contributed by atoms with Gasteiger partial charge in [0, 0.05) is 5.75 Å². The molecule has 0 aliphatic carbocycles. The van der Waals surface area contributed by atoms with Gasteiger partial charge in [0.15, 0.2) is 0 Å². The van der Waals surface area contributed by atoms with E-state index in [1.165, 1.54) is 11.9 Å². The van der Waals surface area contributed by atoms with Gasteiger partial charge < -0.3 is 4.74 Å². The lowest BCUT2D eigenvalue weighted by atomic mass is 10.9. The van der Waals surface area contributed by atoms with Gasteiger partial charge in [-0.2, -0.15) is 0 Å². The highest BCUT2D eigenvalue weighted by Crippen LogP contribution is 1.90. The molecule has 0 bridgehead atoms. The van der Waals surface area contributed by atoms with Crippen LogP contribution in [0, 0.1) is 0 Å². The molecule has 1 amide bonds. The summed E-state index contributed by atoms with van der Waals surface area (Å²) in [5.74, 6) is 0.860. The van der Waals surface area contributed by atoms with Crippen LogP contribution in [0.3, 0.4) is 0 Å². The Bertz CT molecular complexity index is 87.0. The van der Waals surface area contributed by atoms with Crippen LogP contribution in [0.2, 0.25) is 0 Å². The number of carbonyl (C=O) groups excluding carboxylic acids is 1. The van der Waals surface area contributed by atoms with Crippen molar-refractivity contribution in [2.45, 2.75) is 13.8 Å². The summed E-state index contributed by atoms with van der Waals surface area (Å²) >= 11 is 1.33. The summed E-state index contributed by atoms with van der Waals surface area (Å²) in [4.78, 5) is 10.4. The Balaban J connectivity index is 3.06. The van der Waals surface area contributed by atoms with Crippen molar-refractivity contribution in [3.8, 4) is 0 Å². The van der Waals surface area contributed by atoms with E-state index in [-0.39, 0.29) is 6.09 Å². The summed E-state index contributed by atoms with van der Waals surface area (Å²) in [6.07, 6.45) is -0.357. The zero-order valence-electron chi connectivity index (χ0n) is 5.64. The van der Waals surface area contributed by atoms with Gasteiger partial charge in [0.1, 0.15) is 0 Å². The second-order valence-electron chi connectivity index (χ2n) is 1.26. The van der Waals surface area contributed by atoms with Crippen molar-refractivity contribution in [3.05, 3.63) is 0 Å². The lowest BCUT2D eigenvalue weighted by Gasteiger charge is -2.00. The number of nitrogens with one attached hydrogen (secondary N) is 1. The Morgan fingerprint density at radius 2 is 2.33 bits per heavy atom. The van der Waals surface area contributed by atoms with Crippen molar-refractivity contribution in [1.29, 1.82) is 0 Å². The molecule has 0 aliphatic heterocycles. The minimum absolute atomic E-state index is 0.357. The van der Waals surface area contributed by atoms with Crippen LogP contribution in [-0.2, 0) is 4.74 Å². The van der Waals surface area contributed by atoms with Gasteiger partial charge in [-0.3, -0.25) is 4.72 Å². The van der Waals surface area contributed by atoms with Crippen LogP contribution in [0.4, 0.5) is 4.79 Å². The predicted molar refractivity (Wildman–Crippen MR) is 38.3 cm³/mol. The summed E-state index contributed by atoms with van der Waals surface area (Å²) in [7, 11) is 0. The van der Waals surface area contributed by atoms with Crippen LogP contribution in [0.1, 0.15) is 13.8 Å². The minimum atomic E-state index is -0.357. The molecule has 0 unspecified atom stereocenters. The first-order valence-corrected chi connectivity index (χ1v) is 3.84. The number of amides is 1. The highest BCUT2D eigenvalue weighted by Gasteiger charge is 1.95. The Morgan fingerprint density at radius 3 is 2.78 bits per heavy atom. The third-order valence-electron chi connectivity index (χ3n) is 0.575. The molecule has 9 heavy (non-hydrogen) atoms. The average Bonchev–Trinajstić information content (AvgIpc) is 1.85. The maximum Gasteiger partial charge on any atom is 0.417 e. The van der Waals surface area contributed by atoms with Gasteiger partial charge in [-0.25, -0.2) is 4.79 Å². The van der Waals surface area contributed by atoms with E-state index in [1.54, 1.807) is 6.92 Å². The molecule has 1 N–H and O–H groups in total. The highest BCUT2D eigenvalue weighted by molar-refractivity contribution is 7.97. The average molecular weight is 149 g/mol. The summed E-state index contributed by atoms with van der Waals surface area (Å²) in [5.41, 5.74) is 0. The van der Waals surface area contributed by atoms with Crippen LogP contribution < -0.4 is 4.72 Å². The molecule has 54 valence electrons. The molecule has 0 aromatic carbocycles. The minimum Gasteiger partial charge on any atom is -0.449 e. The lowest BCUT2D eigenvalue weighted by molar-refractivity contribution is 0.159. The summed E-state index contributed by atoms with van der Waals surface area (Å²) in [5, 5.41) is 0. The van der Waals surface area contributed by atoms with Gasteiger partial charge >= 0.3 is 6.09 Å². The molecule has 0 radical (unpaired) electrons. The third-order valence-corrected chi connectivity index (χ3v) is 1.17. The molecule has 0 spiro atoms. The first-order chi connectivity index (χ1) is 4.31. The van der Waals surface area contributed by atoms with Crippen LogP contribution >= 0.6 is 11.9 Å². The summed E-state index contributed by atoms with van der Waals surface area (Å²) in [6.45, 7) is 4.16. The summed E-state index contributed by atoms with van der Waals surface area (Å²) in [6, 6.07) is 0. The highest BCUT2D eigenvalue weighted by atomic mass is 32.2. The topological polar surface area (TPSA) is 38.3 Å². The van der Waals surface area contributed by atoms with Gasteiger partial charge in [-0.15, -0.1) is 0 Å². The number of hydrogen-bond acceptors (Lipinski definition) is 3.